The summed E-state index contributed by atoms with van der Waals surface area (Å²) >= 11 is 12.5. The van der Waals surface area contributed by atoms with Gasteiger partial charge in [0, 0.05) is 43.6 Å². The van der Waals surface area contributed by atoms with E-state index >= 15 is 0 Å². The van der Waals surface area contributed by atoms with Gasteiger partial charge in [-0.25, -0.2) is 4.79 Å². The number of urea groups is 1. The molecular formula is C24H26Cl2N6O. The third-order valence-corrected chi connectivity index (χ3v) is 6.84. The summed E-state index contributed by atoms with van der Waals surface area (Å²) in [5, 5.41) is 14.0. The second-order valence-corrected chi connectivity index (χ2v) is 8.95. The summed E-state index contributed by atoms with van der Waals surface area (Å²) in [6, 6.07) is 14.7. The summed E-state index contributed by atoms with van der Waals surface area (Å²) in [5.41, 5.74) is 7.91. The molecule has 0 unspecified atom stereocenters. The van der Waals surface area contributed by atoms with Gasteiger partial charge in [0.05, 0.1) is 27.4 Å². The number of hydrogen-bond donors (Lipinski definition) is 2. The number of carbonyl (C=O) groups is 1. The molecule has 7 nitrogen and oxygen atoms in total. The van der Waals surface area contributed by atoms with E-state index in [2.05, 4.69) is 25.8 Å². The first-order valence-electron chi connectivity index (χ1n) is 11.0. The molecule has 0 atom stereocenters. The number of carbonyl (C=O) groups excluding carboxylic acids is 1. The minimum Gasteiger partial charge on any atom is -0.368 e. The number of piperazine rings is 1. The Morgan fingerprint density at radius 1 is 1.06 bits per heavy atom. The average Bonchev–Trinajstić information content (AvgIpc) is 3.14. The second-order valence-electron chi connectivity index (χ2n) is 8.16. The zero-order valence-corrected chi connectivity index (χ0v) is 19.7. The van der Waals surface area contributed by atoms with Crippen LogP contribution >= 0.6 is 23.2 Å². The zero-order valence-electron chi connectivity index (χ0n) is 18.2. The molecule has 0 spiro atoms. The van der Waals surface area contributed by atoms with Crippen LogP contribution in [0.4, 0.5) is 16.3 Å². The molecule has 1 saturated heterocycles. The van der Waals surface area contributed by atoms with E-state index in [1.165, 1.54) is 0 Å². The van der Waals surface area contributed by atoms with Crippen LogP contribution in [0.15, 0.2) is 42.5 Å². The maximum Gasteiger partial charge on any atom is 0.317 e. The summed E-state index contributed by atoms with van der Waals surface area (Å²) in [4.78, 5) is 16.2. The number of benzene rings is 2. The van der Waals surface area contributed by atoms with E-state index in [4.69, 9.17) is 34.2 Å². The summed E-state index contributed by atoms with van der Waals surface area (Å²) < 4.78 is 2.06. The minimum atomic E-state index is -0.600. The number of unbranched alkanes of at least 4 members (excludes halogenated alkanes) is 1. The van der Waals surface area contributed by atoms with Gasteiger partial charge in [0.25, 0.3) is 0 Å². The van der Waals surface area contributed by atoms with Crippen molar-refractivity contribution in [1.29, 1.82) is 5.26 Å². The Balaban J connectivity index is 1.32. The number of rotatable bonds is 7. The number of hydrogen-bond acceptors (Lipinski definition) is 4. The molecule has 1 aliphatic heterocycles. The lowest BCUT2D eigenvalue weighted by molar-refractivity contribution is 0.251. The van der Waals surface area contributed by atoms with Gasteiger partial charge in [-0.3, -0.25) is 10.2 Å². The lowest BCUT2D eigenvalue weighted by Gasteiger charge is -2.36. The van der Waals surface area contributed by atoms with E-state index in [0.717, 1.165) is 68.7 Å². The number of aryl methyl sites for hydroxylation is 1. The van der Waals surface area contributed by atoms with Crippen molar-refractivity contribution >= 4 is 51.6 Å². The average molecular weight is 485 g/mol. The highest BCUT2D eigenvalue weighted by molar-refractivity contribution is 6.43. The van der Waals surface area contributed by atoms with Gasteiger partial charge in [0.2, 0.25) is 0 Å². The molecule has 33 heavy (non-hydrogen) atoms. The summed E-state index contributed by atoms with van der Waals surface area (Å²) in [5.74, 6) is 0.652. The Bertz CT molecular complexity index is 1190. The van der Waals surface area contributed by atoms with Crippen molar-refractivity contribution < 1.29 is 4.79 Å². The maximum atomic E-state index is 11.4. The Kier molecular flexibility index (Phi) is 7.29. The number of primary amides is 1. The molecule has 1 aliphatic rings. The van der Waals surface area contributed by atoms with Crippen LogP contribution in [0, 0.1) is 11.3 Å². The lowest BCUT2D eigenvalue weighted by Crippen LogP contribution is -2.46. The molecule has 0 bridgehead atoms. The van der Waals surface area contributed by atoms with Crippen LogP contribution in [0.3, 0.4) is 0 Å². The number of halogens is 2. The molecule has 2 heterocycles. The number of nitriles is 1. The summed E-state index contributed by atoms with van der Waals surface area (Å²) in [6.45, 7) is 5.53. The Morgan fingerprint density at radius 3 is 2.55 bits per heavy atom. The van der Waals surface area contributed by atoms with E-state index in [1.807, 2.05) is 36.4 Å². The van der Waals surface area contributed by atoms with Crippen molar-refractivity contribution in [3.63, 3.8) is 0 Å². The van der Waals surface area contributed by atoms with Gasteiger partial charge in [-0.15, -0.1) is 0 Å². The molecule has 172 valence electrons. The van der Waals surface area contributed by atoms with Gasteiger partial charge in [-0.1, -0.05) is 29.3 Å². The number of fused-ring (bicyclic) bond motifs is 1. The van der Waals surface area contributed by atoms with Crippen molar-refractivity contribution in [2.45, 2.75) is 19.4 Å². The van der Waals surface area contributed by atoms with E-state index in [-0.39, 0.29) is 0 Å². The largest absolute Gasteiger partial charge is 0.368 e. The molecule has 1 aromatic heterocycles. The van der Waals surface area contributed by atoms with Crippen LogP contribution in [-0.4, -0.2) is 48.2 Å². The third kappa shape index (κ3) is 5.36. The van der Waals surface area contributed by atoms with Crippen molar-refractivity contribution in [2.24, 2.45) is 5.73 Å². The van der Waals surface area contributed by atoms with Crippen LogP contribution < -0.4 is 16.0 Å². The van der Waals surface area contributed by atoms with Crippen molar-refractivity contribution in [1.82, 2.24) is 9.47 Å². The number of anilines is 2. The molecular weight excluding hydrogens is 459 g/mol. The quantitative estimate of drug-likeness (QED) is 0.466. The maximum absolute atomic E-state index is 11.4. The van der Waals surface area contributed by atoms with E-state index in [1.54, 1.807) is 6.07 Å². The van der Waals surface area contributed by atoms with Crippen LogP contribution in [-0.2, 0) is 6.54 Å². The second kappa shape index (κ2) is 10.3. The van der Waals surface area contributed by atoms with Gasteiger partial charge < -0.3 is 15.2 Å². The molecule has 1 fully saturated rings. The van der Waals surface area contributed by atoms with Crippen LogP contribution in [0.5, 0.6) is 0 Å². The van der Waals surface area contributed by atoms with E-state index in [0.29, 0.717) is 21.4 Å². The minimum absolute atomic E-state index is 0.586. The first-order valence-corrected chi connectivity index (χ1v) is 11.7. The Labute approximate surface area is 203 Å². The molecule has 0 aliphatic carbocycles. The number of nitrogens with zero attached hydrogens (tertiary/aromatic N) is 4. The molecule has 2 aromatic carbocycles. The predicted octanol–water partition coefficient (Wildman–Crippen LogP) is 4.91. The van der Waals surface area contributed by atoms with Crippen LogP contribution in [0.2, 0.25) is 10.0 Å². The first kappa shape index (κ1) is 23.2. The highest BCUT2D eigenvalue weighted by Gasteiger charge is 2.19. The third-order valence-electron chi connectivity index (χ3n) is 6.03. The normalized spacial score (nSPS) is 14.4. The number of nitrogens with two attached hydrogens (primary N) is 1. The highest BCUT2D eigenvalue weighted by Crippen LogP contribution is 2.33. The molecule has 3 N–H and O–H groups in total. The molecule has 9 heteroatoms. The fourth-order valence-corrected chi connectivity index (χ4v) is 4.78. The first-order chi connectivity index (χ1) is 16.0. The van der Waals surface area contributed by atoms with Crippen LogP contribution in [0.25, 0.3) is 10.9 Å². The van der Waals surface area contributed by atoms with E-state index in [9.17, 15) is 4.79 Å². The fraction of sp³-hybridized carbons (Fsp3) is 0.333. The Morgan fingerprint density at radius 2 is 1.82 bits per heavy atom. The van der Waals surface area contributed by atoms with Gasteiger partial charge in [0.15, 0.2) is 0 Å². The summed E-state index contributed by atoms with van der Waals surface area (Å²) in [7, 11) is 0. The SMILES string of the molecule is N#Cc1ccc2c(c1)cc(NC(N)=O)n2CCCCN1CCN(c2cccc(Cl)c2Cl)CC1. The fourth-order valence-electron chi connectivity index (χ4n) is 4.37. The van der Waals surface area contributed by atoms with Gasteiger partial charge in [-0.2, -0.15) is 5.26 Å². The molecule has 4 rings (SSSR count). The van der Waals surface area contributed by atoms with Gasteiger partial charge in [0.1, 0.15) is 5.82 Å². The number of nitrogens with one attached hydrogen (secondary N) is 1. The standard InChI is InChI=1S/C24H26Cl2N6O/c25-19-4-3-5-21(23(19)26)31-12-10-30(11-13-31)8-1-2-9-32-20-7-6-17(16-27)14-18(20)15-22(32)29-24(28)33/h3-7,14-15H,1-2,8-13H2,(H3,28,29,33). The Hall–Kier alpha value is -2.92. The molecule has 0 radical (unpaired) electrons. The number of amides is 2. The van der Waals surface area contributed by atoms with Crippen LogP contribution in [0.1, 0.15) is 18.4 Å². The van der Waals surface area contributed by atoms with Gasteiger partial charge >= 0.3 is 6.03 Å². The topological polar surface area (TPSA) is 90.3 Å². The molecule has 3 aromatic rings. The molecule has 0 saturated carbocycles. The highest BCUT2D eigenvalue weighted by atomic mass is 35.5. The van der Waals surface area contributed by atoms with Crippen molar-refractivity contribution in [3.05, 3.63) is 58.1 Å². The zero-order chi connectivity index (χ0) is 23.4. The van der Waals surface area contributed by atoms with Gasteiger partial charge in [-0.05, 0) is 55.8 Å². The van der Waals surface area contributed by atoms with Crippen molar-refractivity contribution in [2.75, 3.05) is 42.9 Å². The number of aromatic nitrogens is 1. The molecule has 2 amide bonds. The van der Waals surface area contributed by atoms with E-state index < -0.39 is 6.03 Å². The monoisotopic (exact) mass is 484 g/mol. The lowest BCUT2D eigenvalue weighted by atomic mass is 10.2. The summed E-state index contributed by atoms with van der Waals surface area (Å²) in [6.07, 6.45) is 1.99. The predicted molar refractivity (Wildman–Crippen MR) is 134 cm³/mol. The van der Waals surface area contributed by atoms with Crippen molar-refractivity contribution in [3.8, 4) is 6.07 Å². The smallest absolute Gasteiger partial charge is 0.317 e.